The molecule has 0 radical (unpaired) electrons. The lowest BCUT2D eigenvalue weighted by Gasteiger charge is -2.27. The minimum absolute atomic E-state index is 0.971. The number of benzene rings is 1. The Morgan fingerprint density at radius 2 is 0.762 bits per heavy atom. The van der Waals surface area contributed by atoms with Crippen LogP contribution in [0.15, 0.2) is 60.7 Å². The Labute approximate surface area is 252 Å². The van der Waals surface area contributed by atoms with E-state index in [2.05, 4.69) is 91.7 Å². The Balaban J connectivity index is 1.16. The van der Waals surface area contributed by atoms with Gasteiger partial charge in [0.25, 0.3) is 0 Å². The summed E-state index contributed by atoms with van der Waals surface area (Å²) in [4.78, 5) is 14.9. The van der Waals surface area contributed by atoms with Crippen molar-refractivity contribution in [1.29, 1.82) is 0 Å². The van der Waals surface area contributed by atoms with Crippen molar-refractivity contribution in [2.24, 2.45) is 0 Å². The number of nitrogens with zero attached hydrogens (tertiary/aromatic N) is 4. The molecule has 2 aromatic heterocycles. The zero-order valence-corrected chi connectivity index (χ0v) is 25.3. The van der Waals surface area contributed by atoms with Crippen LogP contribution in [0.3, 0.4) is 0 Å². The molecule has 0 saturated carbocycles. The molecule has 8 heteroatoms. The van der Waals surface area contributed by atoms with Crippen molar-refractivity contribution < 1.29 is 0 Å². The van der Waals surface area contributed by atoms with E-state index in [1.807, 2.05) is 0 Å². The van der Waals surface area contributed by atoms with E-state index in [1.54, 1.807) is 0 Å². The van der Waals surface area contributed by atoms with E-state index in [1.165, 1.54) is 33.9 Å². The molecular weight excluding hydrogens is 520 g/mol. The van der Waals surface area contributed by atoms with Gasteiger partial charge in [-0.3, -0.25) is 19.8 Å². The summed E-state index contributed by atoms with van der Waals surface area (Å²) in [6, 6.07) is 22.0. The number of aromatic nitrogens is 2. The van der Waals surface area contributed by atoms with Crippen LogP contribution in [0, 0.1) is 0 Å². The molecule has 1 aromatic carbocycles. The van der Waals surface area contributed by atoms with E-state index < -0.39 is 0 Å². The van der Waals surface area contributed by atoms with Crippen molar-refractivity contribution in [2.75, 3.05) is 78.5 Å². The van der Waals surface area contributed by atoms with Crippen LogP contribution in [0.2, 0.25) is 0 Å². The van der Waals surface area contributed by atoms with Gasteiger partial charge in [-0.15, -0.1) is 0 Å². The van der Waals surface area contributed by atoms with E-state index >= 15 is 0 Å². The highest BCUT2D eigenvalue weighted by Crippen LogP contribution is 2.15. The third-order valence-electron chi connectivity index (χ3n) is 8.29. The van der Waals surface area contributed by atoms with Gasteiger partial charge < -0.3 is 21.3 Å². The van der Waals surface area contributed by atoms with Gasteiger partial charge in [0.1, 0.15) is 0 Å². The molecule has 4 heterocycles. The van der Waals surface area contributed by atoms with Crippen molar-refractivity contribution >= 4 is 0 Å². The van der Waals surface area contributed by atoms with Gasteiger partial charge in [0.2, 0.25) is 0 Å². The number of fused-ring (bicyclic) bond motifs is 4. The maximum absolute atomic E-state index is 4.83. The summed E-state index contributed by atoms with van der Waals surface area (Å²) in [7, 11) is 0. The van der Waals surface area contributed by atoms with Gasteiger partial charge >= 0.3 is 0 Å². The zero-order valence-electron chi connectivity index (χ0n) is 25.3. The molecule has 3 aromatic rings. The Hall–Kier alpha value is -2.72. The molecule has 42 heavy (non-hydrogen) atoms. The minimum atomic E-state index is 0.971. The largest absolute Gasteiger partial charge is 0.315 e. The highest BCUT2D eigenvalue weighted by molar-refractivity contribution is 5.27. The van der Waals surface area contributed by atoms with E-state index in [0.717, 1.165) is 117 Å². The van der Waals surface area contributed by atoms with Crippen molar-refractivity contribution in [3.8, 4) is 0 Å². The summed E-state index contributed by atoms with van der Waals surface area (Å²) in [5, 5.41) is 14.6. The van der Waals surface area contributed by atoms with Crippen LogP contribution in [0.5, 0.6) is 0 Å². The molecule has 4 N–H and O–H groups in total. The summed E-state index contributed by atoms with van der Waals surface area (Å²) in [5.74, 6) is 0. The van der Waals surface area contributed by atoms with Gasteiger partial charge in [-0.25, -0.2) is 0 Å². The van der Waals surface area contributed by atoms with Gasteiger partial charge in [0.15, 0.2) is 0 Å². The Morgan fingerprint density at radius 3 is 1.10 bits per heavy atom. The average molecular weight is 571 g/mol. The van der Waals surface area contributed by atoms with Crippen LogP contribution in [-0.4, -0.2) is 98.3 Å². The highest BCUT2D eigenvalue weighted by atomic mass is 15.2. The molecule has 0 aliphatic carbocycles. The third kappa shape index (κ3) is 10.5. The summed E-state index contributed by atoms with van der Waals surface area (Å²) in [6.07, 6.45) is 3.92. The fourth-order valence-electron chi connectivity index (χ4n) is 5.82. The second kappa shape index (κ2) is 17.4. The topological polar surface area (TPSA) is 80.4 Å². The maximum Gasteiger partial charge on any atom is 0.0419 e. The van der Waals surface area contributed by atoms with Gasteiger partial charge in [-0.05, 0) is 35.4 Å². The lowest BCUT2D eigenvalue weighted by Crippen LogP contribution is -2.39. The lowest BCUT2D eigenvalue weighted by atomic mass is 10.1. The first-order chi connectivity index (χ1) is 20.8. The molecule has 2 aliphatic rings. The number of hydrogen-bond acceptors (Lipinski definition) is 8. The molecule has 2 aliphatic heterocycles. The molecule has 0 unspecified atom stereocenters. The molecule has 0 amide bonds. The van der Waals surface area contributed by atoms with E-state index in [4.69, 9.17) is 9.97 Å². The molecular formula is C34H50N8. The van der Waals surface area contributed by atoms with Crippen molar-refractivity contribution in [2.45, 2.75) is 38.8 Å². The smallest absolute Gasteiger partial charge is 0.0419 e. The van der Waals surface area contributed by atoms with Crippen LogP contribution in [0.1, 0.15) is 33.9 Å². The Morgan fingerprint density at radius 1 is 0.429 bits per heavy atom. The fourth-order valence-corrected chi connectivity index (χ4v) is 5.82. The summed E-state index contributed by atoms with van der Waals surface area (Å²) >= 11 is 0. The zero-order chi connectivity index (χ0) is 28.7. The first-order valence-corrected chi connectivity index (χ1v) is 16.1. The molecule has 226 valence electrons. The standard InChI is InChI=1S/C34H50N8/c1-2-6-30(28-42-25-21-37-17-13-33-9-4-10-34(40-33)14-18-38-22-26-42)29(5-1)27-41-23-19-35-15-11-31-7-3-8-32(39-31)12-16-36-20-24-41/h1-10,35-38H,11-28H2. The van der Waals surface area contributed by atoms with E-state index in [-0.39, 0.29) is 0 Å². The molecule has 5 rings (SSSR count). The monoisotopic (exact) mass is 570 g/mol. The minimum Gasteiger partial charge on any atom is -0.315 e. The van der Waals surface area contributed by atoms with Crippen molar-refractivity contribution in [3.05, 3.63) is 94.6 Å². The van der Waals surface area contributed by atoms with Crippen molar-refractivity contribution in [3.63, 3.8) is 0 Å². The normalized spacial score (nSPS) is 19.4. The summed E-state index contributed by atoms with van der Waals surface area (Å²) in [5.41, 5.74) is 7.64. The quantitative estimate of drug-likeness (QED) is 0.380. The highest BCUT2D eigenvalue weighted by Gasteiger charge is 2.13. The molecule has 4 bridgehead atoms. The predicted octanol–water partition coefficient (Wildman–Crippen LogP) is 2.04. The van der Waals surface area contributed by atoms with Gasteiger partial charge in [-0.1, -0.05) is 36.4 Å². The maximum atomic E-state index is 4.83. The molecule has 8 nitrogen and oxygen atoms in total. The number of pyridine rings is 2. The molecule has 0 atom stereocenters. The summed E-state index contributed by atoms with van der Waals surface area (Å²) in [6.45, 7) is 14.0. The first kappa shape index (κ1) is 30.7. The first-order valence-electron chi connectivity index (χ1n) is 16.1. The van der Waals surface area contributed by atoms with Crippen LogP contribution >= 0.6 is 0 Å². The Kier molecular flexibility index (Phi) is 12.7. The van der Waals surface area contributed by atoms with Gasteiger partial charge in [0, 0.05) is 140 Å². The average Bonchev–Trinajstić information content (AvgIpc) is 3.00. The fraction of sp³-hybridized carbons (Fsp3) is 0.529. The Bertz CT molecular complexity index is 1050. The molecule has 0 fully saturated rings. The number of nitrogens with one attached hydrogen (secondary N) is 4. The van der Waals surface area contributed by atoms with Crippen LogP contribution in [0.25, 0.3) is 0 Å². The van der Waals surface area contributed by atoms with Crippen molar-refractivity contribution in [1.82, 2.24) is 41.0 Å². The van der Waals surface area contributed by atoms with Crippen LogP contribution < -0.4 is 21.3 Å². The predicted molar refractivity (Wildman–Crippen MR) is 172 cm³/mol. The second-order valence-corrected chi connectivity index (χ2v) is 11.6. The van der Waals surface area contributed by atoms with Gasteiger partial charge in [-0.2, -0.15) is 0 Å². The van der Waals surface area contributed by atoms with E-state index in [9.17, 15) is 0 Å². The molecule has 0 saturated heterocycles. The lowest BCUT2D eigenvalue weighted by molar-refractivity contribution is 0.251. The number of rotatable bonds is 4. The number of hydrogen-bond donors (Lipinski definition) is 4. The second-order valence-electron chi connectivity index (χ2n) is 11.6. The SMILES string of the molecule is c1cc2nc(c1)CCNCCN(Cc1ccccc1CN1CCNCCc3cccc(n3)CCNCC1)CCNCC2. The summed E-state index contributed by atoms with van der Waals surface area (Å²) < 4.78 is 0. The van der Waals surface area contributed by atoms with Gasteiger partial charge in [0.05, 0.1) is 0 Å². The van der Waals surface area contributed by atoms with Crippen LogP contribution in [-0.2, 0) is 38.8 Å². The van der Waals surface area contributed by atoms with E-state index in [0.29, 0.717) is 0 Å². The third-order valence-corrected chi connectivity index (χ3v) is 8.29. The van der Waals surface area contributed by atoms with Crippen LogP contribution in [0.4, 0.5) is 0 Å². The molecule has 0 spiro atoms.